The molecule has 0 saturated heterocycles. The molecular formula is C57H44N2. The van der Waals surface area contributed by atoms with Gasteiger partial charge in [0, 0.05) is 39.5 Å². The minimum Gasteiger partial charge on any atom is -0.310 e. The van der Waals surface area contributed by atoms with Crippen LogP contribution in [0.2, 0.25) is 0 Å². The van der Waals surface area contributed by atoms with Gasteiger partial charge in [0.15, 0.2) is 0 Å². The Morgan fingerprint density at radius 2 is 0.508 bits per heavy atom. The molecule has 2 nitrogen and oxygen atoms in total. The van der Waals surface area contributed by atoms with Crippen LogP contribution in [0.3, 0.4) is 0 Å². The molecule has 0 heterocycles. The molecule has 9 aromatic carbocycles. The topological polar surface area (TPSA) is 6.48 Å². The molecule has 0 atom stereocenters. The monoisotopic (exact) mass is 756 g/mol. The van der Waals surface area contributed by atoms with Crippen molar-refractivity contribution in [2.45, 2.75) is 19.3 Å². The molecule has 0 saturated carbocycles. The Kier molecular flexibility index (Phi) is 9.24. The lowest BCUT2D eigenvalue weighted by Crippen LogP contribution is -2.17. The molecule has 1 aliphatic carbocycles. The first kappa shape index (κ1) is 36.0. The Morgan fingerprint density at radius 3 is 0.831 bits per heavy atom. The van der Waals surface area contributed by atoms with Crippen molar-refractivity contribution in [1.82, 2.24) is 0 Å². The van der Waals surface area contributed by atoms with Crippen LogP contribution in [0.15, 0.2) is 231 Å². The van der Waals surface area contributed by atoms with Crippen molar-refractivity contribution in [3.05, 3.63) is 242 Å². The highest BCUT2D eigenvalue weighted by Crippen LogP contribution is 2.52. The highest BCUT2D eigenvalue weighted by atomic mass is 15.1. The van der Waals surface area contributed by atoms with E-state index in [1.807, 2.05) is 0 Å². The number of hydrogen-bond donors (Lipinski definition) is 0. The minimum atomic E-state index is -0.240. The summed E-state index contributed by atoms with van der Waals surface area (Å²) in [6.07, 6.45) is 0. The molecule has 0 aromatic heterocycles. The molecule has 0 bridgehead atoms. The maximum Gasteiger partial charge on any atom is 0.0465 e. The van der Waals surface area contributed by atoms with Crippen LogP contribution in [-0.2, 0) is 5.41 Å². The largest absolute Gasteiger partial charge is 0.310 e. The van der Waals surface area contributed by atoms with Gasteiger partial charge in [0.25, 0.3) is 0 Å². The van der Waals surface area contributed by atoms with E-state index in [2.05, 4.69) is 254 Å². The second-order valence-electron chi connectivity index (χ2n) is 15.8. The average Bonchev–Trinajstić information content (AvgIpc) is 3.53. The maximum absolute atomic E-state index is 2.42. The number of fused-ring (bicyclic) bond motifs is 3. The first-order valence-corrected chi connectivity index (χ1v) is 20.4. The van der Waals surface area contributed by atoms with E-state index in [4.69, 9.17) is 0 Å². The fourth-order valence-electron chi connectivity index (χ4n) is 8.76. The third-order valence-electron chi connectivity index (χ3n) is 11.9. The third-order valence-corrected chi connectivity index (χ3v) is 11.9. The zero-order valence-electron chi connectivity index (χ0n) is 33.3. The van der Waals surface area contributed by atoms with Gasteiger partial charge in [-0.2, -0.15) is 0 Å². The third kappa shape index (κ3) is 6.79. The number of benzene rings is 9. The molecule has 282 valence electrons. The highest BCUT2D eigenvalue weighted by molar-refractivity contribution is 5.89. The van der Waals surface area contributed by atoms with Gasteiger partial charge in [0.2, 0.25) is 0 Å². The molecule has 0 unspecified atom stereocenters. The lowest BCUT2D eigenvalue weighted by atomic mass is 9.82. The van der Waals surface area contributed by atoms with Crippen LogP contribution >= 0.6 is 0 Å². The van der Waals surface area contributed by atoms with Crippen molar-refractivity contribution in [3.8, 4) is 44.5 Å². The van der Waals surface area contributed by atoms with Gasteiger partial charge in [-0.3, -0.25) is 0 Å². The summed E-state index contributed by atoms with van der Waals surface area (Å²) in [5.41, 5.74) is 19.0. The van der Waals surface area contributed by atoms with Crippen molar-refractivity contribution in [1.29, 1.82) is 0 Å². The van der Waals surface area contributed by atoms with Gasteiger partial charge in [-0.1, -0.05) is 172 Å². The Labute approximate surface area is 347 Å². The Morgan fingerprint density at radius 1 is 0.254 bits per heavy atom. The van der Waals surface area contributed by atoms with E-state index >= 15 is 0 Å². The SMILES string of the molecule is CC1(C)c2cc(N(c3ccccc3)c3ccc(-c4ccccc4)cc3)ccc2-c2ccc(N(c3ccc(-c4ccccc4)cc3)c3ccc(-c4ccccc4)cc3)cc21. The lowest BCUT2D eigenvalue weighted by Gasteiger charge is -2.29. The van der Waals surface area contributed by atoms with E-state index in [9.17, 15) is 0 Å². The summed E-state index contributed by atoms with van der Waals surface area (Å²) in [6.45, 7) is 4.75. The summed E-state index contributed by atoms with van der Waals surface area (Å²) in [5.74, 6) is 0. The highest BCUT2D eigenvalue weighted by Gasteiger charge is 2.37. The quantitative estimate of drug-likeness (QED) is 0.145. The lowest BCUT2D eigenvalue weighted by molar-refractivity contribution is 0.660. The van der Waals surface area contributed by atoms with E-state index in [0.29, 0.717) is 0 Å². The van der Waals surface area contributed by atoms with Gasteiger partial charge < -0.3 is 9.80 Å². The van der Waals surface area contributed by atoms with Gasteiger partial charge in [-0.05, 0) is 128 Å². The molecule has 0 radical (unpaired) electrons. The minimum absolute atomic E-state index is 0.240. The molecule has 10 rings (SSSR count). The summed E-state index contributed by atoms with van der Waals surface area (Å²) < 4.78 is 0. The number of hydrogen-bond acceptors (Lipinski definition) is 2. The smallest absolute Gasteiger partial charge is 0.0465 e. The predicted molar refractivity (Wildman–Crippen MR) is 250 cm³/mol. The molecule has 59 heavy (non-hydrogen) atoms. The summed E-state index contributed by atoms with van der Waals surface area (Å²) in [6, 6.07) is 83.4. The van der Waals surface area contributed by atoms with E-state index < -0.39 is 0 Å². The van der Waals surface area contributed by atoms with Crippen molar-refractivity contribution in [2.75, 3.05) is 9.80 Å². The molecule has 0 fully saturated rings. The standard InChI is InChI=1S/C57H44N2/c1-57(2)55-39-51(58(47-21-13-6-14-22-47)48-29-23-44(24-30-48)41-15-7-3-8-16-41)35-37-53(55)54-38-36-52(40-56(54)57)59(49-31-25-45(26-32-49)42-17-9-4-10-18-42)50-33-27-46(28-34-50)43-19-11-5-12-20-43/h3-40H,1-2H3. The fraction of sp³-hybridized carbons (Fsp3) is 0.0526. The van der Waals surface area contributed by atoms with Crippen molar-refractivity contribution in [3.63, 3.8) is 0 Å². The summed E-state index contributed by atoms with van der Waals surface area (Å²) in [5, 5.41) is 0. The van der Waals surface area contributed by atoms with Crippen LogP contribution in [0.1, 0.15) is 25.0 Å². The normalized spacial score (nSPS) is 12.4. The molecule has 0 amide bonds. The Hall–Kier alpha value is -7.42. The zero-order valence-corrected chi connectivity index (χ0v) is 33.3. The number of anilines is 6. The molecule has 0 N–H and O–H groups in total. The maximum atomic E-state index is 2.42. The van der Waals surface area contributed by atoms with Crippen molar-refractivity contribution in [2.24, 2.45) is 0 Å². The van der Waals surface area contributed by atoms with Crippen LogP contribution < -0.4 is 9.80 Å². The van der Waals surface area contributed by atoms with E-state index in [1.54, 1.807) is 0 Å². The summed E-state index contributed by atoms with van der Waals surface area (Å²) in [4.78, 5) is 4.77. The molecular weight excluding hydrogens is 713 g/mol. The van der Waals surface area contributed by atoms with E-state index in [0.717, 1.165) is 34.1 Å². The fourth-order valence-corrected chi connectivity index (χ4v) is 8.76. The van der Waals surface area contributed by atoms with Crippen LogP contribution in [-0.4, -0.2) is 0 Å². The first-order chi connectivity index (χ1) is 29.0. The van der Waals surface area contributed by atoms with Crippen LogP contribution in [0.4, 0.5) is 34.1 Å². The summed E-state index contributed by atoms with van der Waals surface area (Å²) in [7, 11) is 0. The van der Waals surface area contributed by atoms with Crippen molar-refractivity contribution < 1.29 is 0 Å². The molecule has 2 heteroatoms. The van der Waals surface area contributed by atoms with Gasteiger partial charge in [-0.15, -0.1) is 0 Å². The van der Waals surface area contributed by atoms with E-state index in [-0.39, 0.29) is 5.41 Å². The predicted octanol–water partition coefficient (Wildman–Crippen LogP) is 15.9. The Bertz CT molecular complexity index is 2760. The second-order valence-corrected chi connectivity index (χ2v) is 15.8. The molecule has 1 aliphatic rings. The molecule has 9 aromatic rings. The van der Waals surface area contributed by atoms with Gasteiger partial charge >= 0.3 is 0 Å². The number of para-hydroxylation sites is 1. The van der Waals surface area contributed by atoms with Gasteiger partial charge in [0.1, 0.15) is 0 Å². The first-order valence-electron chi connectivity index (χ1n) is 20.4. The second kappa shape index (κ2) is 15.2. The van der Waals surface area contributed by atoms with Crippen LogP contribution in [0.5, 0.6) is 0 Å². The van der Waals surface area contributed by atoms with Gasteiger partial charge in [-0.25, -0.2) is 0 Å². The number of nitrogens with zero attached hydrogens (tertiary/aromatic N) is 2. The zero-order chi connectivity index (χ0) is 39.8. The Balaban J connectivity index is 1.04. The van der Waals surface area contributed by atoms with Crippen LogP contribution in [0.25, 0.3) is 44.5 Å². The molecule has 0 spiro atoms. The van der Waals surface area contributed by atoms with Crippen LogP contribution in [0, 0.1) is 0 Å². The number of rotatable bonds is 9. The van der Waals surface area contributed by atoms with E-state index in [1.165, 1.54) is 55.6 Å². The summed E-state index contributed by atoms with van der Waals surface area (Å²) >= 11 is 0. The van der Waals surface area contributed by atoms with Gasteiger partial charge in [0.05, 0.1) is 0 Å². The average molecular weight is 757 g/mol. The van der Waals surface area contributed by atoms with Crippen molar-refractivity contribution >= 4 is 34.1 Å². The molecule has 0 aliphatic heterocycles.